The standard InChI is InChI=1S/C26H31N5O/c1-17(2)24-22(5-4-12-27-24)25-23-16-30(13-14-31(23)18(3)29-25)21-10-8-20(9-11-21)26(32)28-15-19-6-7-19/h4-5,8-12,17,19H,6-7,13-16H2,1-3H3,(H,28,32). The molecular weight excluding hydrogens is 398 g/mol. The van der Waals surface area contributed by atoms with E-state index in [4.69, 9.17) is 4.98 Å². The van der Waals surface area contributed by atoms with E-state index < -0.39 is 0 Å². The molecule has 1 fully saturated rings. The predicted molar refractivity (Wildman–Crippen MR) is 127 cm³/mol. The lowest BCUT2D eigenvalue weighted by atomic mass is 10.00. The highest BCUT2D eigenvalue weighted by molar-refractivity contribution is 5.94. The fourth-order valence-electron chi connectivity index (χ4n) is 4.55. The van der Waals surface area contributed by atoms with Crippen molar-refractivity contribution < 1.29 is 4.79 Å². The third kappa shape index (κ3) is 4.01. The van der Waals surface area contributed by atoms with E-state index in [1.165, 1.54) is 18.5 Å². The Balaban J connectivity index is 1.38. The maximum Gasteiger partial charge on any atom is 0.251 e. The molecule has 32 heavy (non-hydrogen) atoms. The number of aryl methyl sites for hydroxylation is 1. The molecule has 6 nitrogen and oxygen atoms in total. The summed E-state index contributed by atoms with van der Waals surface area (Å²) >= 11 is 0. The van der Waals surface area contributed by atoms with Crippen LogP contribution in [0.4, 0.5) is 5.69 Å². The minimum atomic E-state index is 0.0240. The van der Waals surface area contributed by atoms with Crippen molar-refractivity contribution in [3.63, 3.8) is 0 Å². The molecule has 1 aromatic carbocycles. The monoisotopic (exact) mass is 429 g/mol. The largest absolute Gasteiger partial charge is 0.364 e. The van der Waals surface area contributed by atoms with Gasteiger partial charge in [-0.25, -0.2) is 4.98 Å². The Morgan fingerprint density at radius 1 is 1.16 bits per heavy atom. The molecule has 3 aromatic rings. The van der Waals surface area contributed by atoms with E-state index in [2.05, 4.69) is 58.7 Å². The van der Waals surface area contributed by atoms with Crippen molar-refractivity contribution in [3.05, 3.63) is 65.4 Å². The van der Waals surface area contributed by atoms with E-state index >= 15 is 0 Å². The number of nitrogens with zero attached hydrogens (tertiary/aromatic N) is 4. The van der Waals surface area contributed by atoms with Crippen molar-refractivity contribution >= 4 is 11.6 Å². The molecule has 3 heterocycles. The number of hydrogen-bond donors (Lipinski definition) is 1. The second-order valence-corrected chi connectivity index (χ2v) is 9.32. The fraction of sp³-hybridized carbons (Fsp3) is 0.423. The average molecular weight is 430 g/mol. The van der Waals surface area contributed by atoms with E-state index in [9.17, 15) is 4.79 Å². The van der Waals surface area contributed by atoms with Crippen LogP contribution in [0.3, 0.4) is 0 Å². The van der Waals surface area contributed by atoms with Crippen LogP contribution in [0.15, 0.2) is 42.6 Å². The van der Waals surface area contributed by atoms with E-state index in [0.717, 1.165) is 60.2 Å². The van der Waals surface area contributed by atoms with E-state index in [-0.39, 0.29) is 5.91 Å². The quantitative estimate of drug-likeness (QED) is 0.625. The number of hydrogen-bond acceptors (Lipinski definition) is 4. The molecule has 0 unspecified atom stereocenters. The van der Waals surface area contributed by atoms with Gasteiger partial charge in [0, 0.05) is 42.6 Å². The summed E-state index contributed by atoms with van der Waals surface area (Å²) in [5, 5.41) is 3.05. The highest BCUT2D eigenvalue weighted by Crippen LogP contribution is 2.33. The summed E-state index contributed by atoms with van der Waals surface area (Å²) in [6.45, 7) is 9.84. The molecule has 0 saturated heterocycles. The summed E-state index contributed by atoms with van der Waals surface area (Å²) in [6, 6.07) is 12.1. The first-order chi connectivity index (χ1) is 15.5. The van der Waals surface area contributed by atoms with Crippen LogP contribution in [0.25, 0.3) is 11.3 Å². The Morgan fingerprint density at radius 3 is 2.66 bits per heavy atom. The zero-order valence-corrected chi connectivity index (χ0v) is 19.1. The number of carbonyl (C=O) groups is 1. The van der Waals surface area contributed by atoms with Gasteiger partial charge in [0.2, 0.25) is 0 Å². The number of fused-ring (bicyclic) bond motifs is 1. The summed E-state index contributed by atoms with van der Waals surface area (Å²) in [6.07, 6.45) is 4.34. The first-order valence-corrected chi connectivity index (χ1v) is 11.7. The van der Waals surface area contributed by atoms with Gasteiger partial charge in [-0.3, -0.25) is 9.78 Å². The molecule has 5 rings (SSSR count). The second-order valence-electron chi connectivity index (χ2n) is 9.32. The lowest BCUT2D eigenvalue weighted by Gasteiger charge is -2.31. The molecule has 2 aromatic heterocycles. The molecule has 6 heteroatoms. The Bertz CT molecular complexity index is 1130. The molecule has 2 aliphatic rings. The fourth-order valence-corrected chi connectivity index (χ4v) is 4.55. The summed E-state index contributed by atoms with van der Waals surface area (Å²) in [5.41, 5.74) is 6.35. The van der Waals surface area contributed by atoms with E-state index in [0.29, 0.717) is 11.8 Å². The molecule has 0 spiro atoms. The molecule has 0 radical (unpaired) electrons. The topological polar surface area (TPSA) is 63.1 Å². The van der Waals surface area contributed by atoms with E-state index in [1.807, 2.05) is 24.4 Å². The van der Waals surface area contributed by atoms with Gasteiger partial charge in [-0.1, -0.05) is 13.8 Å². The number of aromatic nitrogens is 3. The normalized spacial score (nSPS) is 15.7. The van der Waals surface area contributed by atoms with Gasteiger partial charge in [0.15, 0.2) is 0 Å². The zero-order chi connectivity index (χ0) is 22.2. The van der Waals surface area contributed by atoms with Crippen molar-refractivity contribution in [2.24, 2.45) is 5.92 Å². The first kappa shape index (κ1) is 20.7. The number of anilines is 1. The highest BCUT2D eigenvalue weighted by Gasteiger charge is 2.26. The number of rotatable bonds is 6. The SMILES string of the molecule is Cc1nc(-c2cccnc2C(C)C)c2n1CCN(c1ccc(C(=O)NCC3CC3)cc1)C2. The van der Waals surface area contributed by atoms with Gasteiger partial charge in [0.1, 0.15) is 5.82 Å². The number of imidazole rings is 1. The summed E-state index contributed by atoms with van der Waals surface area (Å²) in [5.74, 6) is 2.10. The van der Waals surface area contributed by atoms with Crippen LogP contribution in [-0.2, 0) is 13.1 Å². The molecular formula is C26H31N5O. The third-order valence-corrected chi connectivity index (χ3v) is 6.58. The van der Waals surface area contributed by atoms with Crippen molar-refractivity contribution in [1.29, 1.82) is 0 Å². The number of nitrogens with one attached hydrogen (secondary N) is 1. The van der Waals surface area contributed by atoms with Crippen LogP contribution >= 0.6 is 0 Å². The van der Waals surface area contributed by atoms with Gasteiger partial charge in [-0.05, 0) is 68.0 Å². The number of carbonyl (C=O) groups excluding carboxylic acids is 1. The minimum absolute atomic E-state index is 0.0240. The number of amides is 1. The van der Waals surface area contributed by atoms with Crippen LogP contribution in [-0.4, -0.2) is 33.5 Å². The van der Waals surface area contributed by atoms with Gasteiger partial charge < -0.3 is 14.8 Å². The summed E-state index contributed by atoms with van der Waals surface area (Å²) < 4.78 is 2.34. The maximum atomic E-state index is 12.4. The molecule has 0 bridgehead atoms. The number of pyridine rings is 1. The van der Waals surface area contributed by atoms with Crippen LogP contribution in [0, 0.1) is 12.8 Å². The number of benzene rings is 1. The molecule has 1 saturated carbocycles. The molecule has 1 aliphatic heterocycles. The average Bonchev–Trinajstić information content (AvgIpc) is 3.59. The van der Waals surface area contributed by atoms with Gasteiger partial charge in [0.05, 0.1) is 23.6 Å². The Morgan fingerprint density at radius 2 is 1.94 bits per heavy atom. The van der Waals surface area contributed by atoms with Crippen molar-refractivity contribution in [2.45, 2.75) is 52.6 Å². The maximum absolute atomic E-state index is 12.4. The summed E-state index contributed by atoms with van der Waals surface area (Å²) in [7, 11) is 0. The van der Waals surface area contributed by atoms with Crippen molar-refractivity contribution in [1.82, 2.24) is 19.9 Å². The Hall–Kier alpha value is -3.15. The smallest absolute Gasteiger partial charge is 0.251 e. The summed E-state index contributed by atoms with van der Waals surface area (Å²) in [4.78, 5) is 24.3. The molecule has 166 valence electrons. The van der Waals surface area contributed by atoms with Crippen molar-refractivity contribution in [3.8, 4) is 11.3 Å². The van der Waals surface area contributed by atoms with Crippen LogP contribution in [0.1, 0.15) is 60.2 Å². The zero-order valence-electron chi connectivity index (χ0n) is 19.1. The third-order valence-electron chi connectivity index (χ3n) is 6.58. The van der Waals surface area contributed by atoms with Crippen LogP contribution in [0.5, 0.6) is 0 Å². The first-order valence-electron chi connectivity index (χ1n) is 11.7. The van der Waals surface area contributed by atoms with Crippen molar-refractivity contribution in [2.75, 3.05) is 18.0 Å². The predicted octanol–water partition coefficient (Wildman–Crippen LogP) is 4.54. The van der Waals surface area contributed by atoms with Crippen LogP contribution < -0.4 is 10.2 Å². The van der Waals surface area contributed by atoms with Crippen LogP contribution in [0.2, 0.25) is 0 Å². The molecule has 1 amide bonds. The van der Waals surface area contributed by atoms with E-state index in [1.54, 1.807) is 0 Å². The molecule has 1 aliphatic carbocycles. The van der Waals surface area contributed by atoms with Gasteiger partial charge >= 0.3 is 0 Å². The highest BCUT2D eigenvalue weighted by atomic mass is 16.1. The second kappa shape index (κ2) is 8.41. The molecule has 0 atom stereocenters. The lowest BCUT2D eigenvalue weighted by molar-refractivity contribution is 0.0952. The molecule has 1 N–H and O–H groups in total. The van der Waals surface area contributed by atoms with Gasteiger partial charge in [-0.2, -0.15) is 0 Å². The minimum Gasteiger partial charge on any atom is -0.364 e. The Labute approximate surface area is 189 Å². The van der Waals surface area contributed by atoms with Gasteiger partial charge in [0.25, 0.3) is 5.91 Å². The Kier molecular flexibility index (Phi) is 5.45. The lowest BCUT2D eigenvalue weighted by Crippen LogP contribution is -2.34. The van der Waals surface area contributed by atoms with Gasteiger partial charge in [-0.15, -0.1) is 0 Å².